The van der Waals surface area contributed by atoms with Gasteiger partial charge in [0.05, 0.1) is 0 Å². The van der Waals surface area contributed by atoms with Gasteiger partial charge in [-0.05, 0) is 18.8 Å². The molecule has 0 radical (unpaired) electrons. The molecule has 5 heteroatoms. The van der Waals surface area contributed by atoms with Crippen molar-refractivity contribution in [2.24, 2.45) is 5.92 Å². The highest BCUT2D eigenvalue weighted by Gasteiger charge is 2.27. The van der Waals surface area contributed by atoms with E-state index in [4.69, 9.17) is 16.7 Å². The van der Waals surface area contributed by atoms with Crippen molar-refractivity contribution in [1.82, 2.24) is 9.80 Å². The Kier molecular flexibility index (Phi) is 4.05. The fourth-order valence-corrected chi connectivity index (χ4v) is 2.32. The van der Waals surface area contributed by atoms with Crippen LogP contribution in [0.1, 0.15) is 12.8 Å². The Balaban J connectivity index is 1.65. The van der Waals surface area contributed by atoms with Crippen LogP contribution in [0.3, 0.4) is 0 Å². The molecule has 1 aliphatic carbocycles. The molecule has 2 rings (SSSR count). The van der Waals surface area contributed by atoms with E-state index in [2.05, 4.69) is 9.80 Å². The van der Waals surface area contributed by atoms with Crippen LogP contribution in [0, 0.1) is 5.92 Å². The van der Waals surface area contributed by atoms with Crippen molar-refractivity contribution >= 4 is 17.6 Å². The lowest BCUT2D eigenvalue weighted by Crippen LogP contribution is -2.49. The van der Waals surface area contributed by atoms with Gasteiger partial charge in [0.25, 0.3) is 0 Å². The predicted molar refractivity (Wildman–Crippen MR) is 62.9 cm³/mol. The van der Waals surface area contributed by atoms with Gasteiger partial charge in [-0.1, -0.05) is 0 Å². The summed E-state index contributed by atoms with van der Waals surface area (Å²) in [5, 5.41) is 7.95. The Hall–Kier alpha value is -0.320. The minimum atomic E-state index is -0.915. The lowest BCUT2D eigenvalue weighted by atomic mass is 10.2. The van der Waals surface area contributed by atoms with E-state index < -0.39 is 11.3 Å². The Labute approximate surface area is 101 Å². The molecule has 4 nitrogen and oxygen atoms in total. The molecule has 2 fully saturated rings. The maximum absolute atomic E-state index is 10.6. The largest absolute Gasteiger partial charge is 0.480 e. The summed E-state index contributed by atoms with van der Waals surface area (Å²) in [6, 6.07) is 0. The van der Waals surface area contributed by atoms with E-state index in [0.717, 1.165) is 32.1 Å². The predicted octanol–water partition coefficient (Wildman–Crippen LogP) is 0.706. The van der Waals surface area contributed by atoms with E-state index in [1.165, 1.54) is 19.4 Å². The highest BCUT2D eigenvalue weighted by Crippen LogP contribution is 2.29. The molecule has 0 aromatic heterocycles. The standard InChI is InChI=1S/C11H19ClN2O2/c12-10(11(15)16)8-14-5-3-13(4-6-14)7-9-1-2-9/h9-10H,1-8H2,(H,15,16). The van der Waals surface area contributed by atoms with Crippen LogP contribution in [-0.2, 0) is 4.79 Å². The molecule has 16 heavy (non-hydrogen) atoms. The molecule has 1 saturated carbocycles. The summed E-state index contributed by atoms with van der Waals surface area (Å²) in [4.78, 5) is 15.3. The number of piperazine rings is 1. The Morgan fingerprint density at radius 2 is 1.81 bits per heavy atom. The normalized spacial score (nSPS) is 25.6. The summed E-state index contributed by atoms with van der Waals surface area (Å²) in [5.41, 5.74) is 0. The van der Waals surface area contributed by atoms with Crippen LogP contribution in [0.15, 0.2) is 0 Å². The molecule has 1 N–H and O–H groups in total. The number of rotatable bonds is 5. The van der Waals surface area contributed by atoms with E-state index >= 15 is 0 Å². The zero-order valence-corrected chi connectivity index (χ0v) is 10.2. The van der Waals surface area contributed by atoms with Crippen molar-refractivity contribution in [1.29, 1.82) is 0 Å². The van der Waals surface area contributed by atoms with Crippen LogP contribution >= 0.6 is 11.6 Å². The number of hydrogen-bond donors (Lipinski definition) is 1. The number of carbonyl (C=O) groups is 1. The average molecular weight is 247 g/mol. The Morgan fingerprint density at radius 1 is 1.25 bits per heavy atom. The van der Waals surface area contributed by atoms with Gasteiger partial charge in [0.1, 0.15) is 5.38 Å². The first kappa shape index (κ1) is 12.1. The number of nitrogens with zero attached hydrogens (tertiary/aromatic N) is 2. The number of carboxylic acids is 1. The molecule has 2 aliphatic rings. The molecule has 1 heterocycles. The highest BCUT2D eigenvalue weighted by molar-refractivity contribution is 6.29. The third-order valence-corrected chi connectivity index (χ3v) is 3.69. The van der Waals surface area contributed by atoms with Crippen LogP contribution in [0.4, 0.5) is 0 Å². The zero-order valence-electron chi connectivity index (χ0n) is 9.44. The topological polar surface area (TPSA) is 43.8 Å². The van der Waals surface area contributed by atoms with Crippen molar-refractivity contribution in [3.05, 3.63) is 0 Å². The number of carboxylic acid groups (broad SMARTS) is 1. The maximum Gasteiger partial charge on any atom is 0.322 e. The maximum atomic E-state index is 10.6. The van der Waals surface area contributed by atoms with Gasteiger partial charge >= 0.3 is 5.97 Å². The van der Waals surface area contributed by atoms with Crippen LogP contribution in [0.5, 0.6) is 0 Å². The Morgan fingerprint density at radius 3 is 2.31 bits per heavy atom. The molecule has 92 valence electrons. The van der Waals surface area contributed by atoms with Gasteiger partial charge in [-0.15, -0.1) is 11.6 Å². The number of alkyl halides is 1. The first-order valence-electron chi connectivity index (χ1n) is 5.96. The molecule has 0 aromatic rings. The second kappa shape index (κ2) is 5.34. The van der Waals surface area contributed by atoms with Crippen molar-refractivity contribution < 1.29 is 9.90 Å². The van der Waals surface area contributed by atoms with E-state index in [9.17, 15) is 4.79 Å². The molecular formula is C11H19ClN2O2. The lowest BCUT2D eigenvalue weighted by Gasteiger charge is -2.35. The fraction of sp³-hybridized carbons (Fsp3) is 0.909. The van der Waals surface area contributed by atoms with E-state index in [0.29, 0.717) is 6.54 Å². The Bertz CT molecular complexity index is 250. The molecule has 1 aliphatic heterocycles. The van der Waals surface area contributed by atoms with Crippen LogP contribution < -0.4 is 0 Å². The highest BCUT2D eigenvalue weighted by atomic mass is 35.5. The summed E-state index contributed by atoms with van der Waals surface area (Å²) < 4.78 is 0. The van der Waals surface area contributed by atoms with E-state index in [1.54, 1.807) is 0 Å². The van der Waals surface area contributed by atoms with Gasteiger partial charge in [-0.25, -0.2) is 0 Å². The first-order chi connectivity index (χ1) is 7.65. The SMILES string of the molecule is O=C(O)C(Cl)CN1CCN(CC2CC2)CC1. The van der Waals surface area contributed by atoms with E-state index in [-0.39, 0.29) is 0 Å². The number of hydrogen-bond acceptors (Lipinski definition) is 3. The zero-order chi connectivity index (χ0) is 11.5. The van der Waals surface area contributed by atoms with Gasteiger partial charge in [0.15, 0.2) is 0 Å². The number of aliphatic carboxylic acids is 1. The van der Waals surface area contributed by atoms with Crippen LogP contribution in [-0.4, -0.2) is 65.5 Å². The molecule has 0 amide bonds. The first-order valence-corrected chi connectivity index (χ1v) is 6.40. The second-order valence-corrected chi connectivity index (χ2v) is 5.38. The van der Waals surface area contributed by atoms with Gasteiger partial charge in [-0.3, -0.25) is 9.69 Å². The van der Waals surface area contributed by atoms with E-state index in [1.807, 2.05) is 0 Å². The summed E-state index contributed by atoms with van der Waals surface area (Å²) in [6.45, 7) is 5.71. The molecule has 1 saturated heterocycles. The third kappa shape index (κ3) is 3.61. The lowest BCUT2D eigenvalue weighted by molar-refractivity contribution is -0.137. The third-order valence-electron chi connectivity index (χ3n) is 3.36. The summed E-state index contributed by atoms with van der Waals surface area (Å²) in [6.07, 6.45) is 2.78. The van der Waals surface area contributed by atoms with Crippen LogP contribution in [0.25, 0.3) is 0 Å². The van der Waals surface area contributed by atoms with Crippen molar-refractivity contribution in [3.8, 4) is 0 Å². The minimum absolute atomic E-state index is 0.466. The average Bonchev–Trinajstić information content (AvgIpc) is 3.04. The molecule has 1 atom stereocenters. The van der Waals surface area contributed by atoms with Gasteiger partial charge in [-0.2, -0.15) is 0 Å². The molecule has 0 aromatic carbocycles. The number of halogens is 1. The molecular weight excluding hydrogens is 228 g/mol. The summed E-state index contributed by atoms with van der Waals surface area (Å²) >= 11 is 5.72. The molecule has 0 spiro atoms. The van der Waals surface area contributed by atoms with Crippen molar-refractivity contribution in [2.75, 3.05) is 39.3 Å². The smallest absolute Gasteiger partial charge is 0.322 e. The summed E-state index contributed by atoms with van der Waals surface area (Å²) in [7, 11) is 0. The monoisotopic (exact) mass is 246 g/mol. The van der Waals surface area contributed by atoms with Crippen molar-refractivity contribution in [3.63, 3.8) is 0 Å². The second-order valence-electron chi connectivity index (χ2n) is 4.85. The van der Waals surface area contributed by atoms with Crippen molar-refractivity contribution in [2.45, 2.75) is 18.2 Å². The van der Waals surface area contributed by atoms with Gasteiger partial charge in [0.2, 0.25) is 0 Å². The van der Waals surface area contributed by atoms with Gasteiger partial charge < -0.3 is 10.0 Å². The molecule has 1 unspecified atom stereocenters. The van der Waals surface area contributed by atoms with Gasteiger partial charge in [0, 0.05) is 39.3 Å². The quantitative estimate of drug-likeness (QED) is 0.726. The minimum Gasteiger partial charge on any atom is -0.480 e. The summed E-state index contributed by atoms with van der Waals surface area (Å²) in [5.74, 6) is 0.0217. The molecule has 0 bridgehead atoms. The van der Waals surface area contributed by atoms with Crippen LogP contribution in [0.2, 0.25) is 0 Å². The fourth-order valence-electron chi connectivity index (χ4n) is 2.12.